The van der Waals surface area contributed by atoms with Crippen LogP contribution in [0.1, 0.15) is 23.0 Å². The van der Waals surface area contributed by atoms with Gasteiger partial charge in [0, 0.05) is 5.69 Å². The Morgan fingerprint density at radius 3 is 2.33 bits per heavy atom. The van der Waals surface area contributed by atoms with Crippen LogP contribution in [0.4, 0.5) is 11.4 Å². The predicted octanol–water partition coefficient (Wildman–Crippen LogP) is 4.37. The second-order valence-electron chi connectivity index (χ2n) is 5.18. The van der Waals surface area contributed by atoms with Gasteiger partial charge in [-0.1, -0.05) is 30.3 Å². The van der Waals surface area contributed by atoms with Gasteiger partial charge in [0.05, 0.1) is 17.7 Å². The summed E-state index contributed by atoms with van der Waals surface area (Å²) < 4.78 is 5.06. The first-order valence-corrected chi connectivity index (χ1v) is 7.53. The van der Waals surface area contributed by atoms with Gasteiger partial charge < -0.3 is 9.73 Å². The molecule has 3 aromatic rings. The highest BCUT2D eigenvalue weighted by Gasteiger charge is 2.08. The molecule has 1 aromatic heterocycles. The molecule has 5 heteroatoms. The number of carbonyl (C=O) groups is 1. The molecule has 0 aliphatic rings. The van der Waals surface area contributed by atoms with E-state index in [1.165, 1.54) is 6.26 Å². The molecule has 0 saturated carbocycles. The average Bonchev–Trinajstić information content (AvgIpc) is 3.16. The summed E-state index contributed by atoms with van der Waals surface area (Å²) in [6.45, 7) is 1.92. The number of furan rings is 1. The normalized spacial score (nSPS) is 11.1. The van der Waals surface area contributed by atoms with Crippen molar-refractivity contribution in [2.45, 2.75) is 6.92 Å². The third kappa shape index (κ3) is 3.89. The molecule has 1 amide bonds. The van der Waals surface area contributed by atoms with Crippen molar-refractivity contribution in [3.63, 3.8) is 0 Å². The molecule has 0 radical (unpaired) electrons. The lowest BCUT2D eigenvalue weighted by atomic mass is 10.1. The van der Waals surface area contributed by atoms with Gasteiger partial charge in [0.2, 0.25) is 0 Å². The Hall–Kier alpha value is -3.34. The maximum absolute atomic E-state index is 11.9. The van der Waals surface area contributed by atoms with Crippen LogP contribution in [0, 0.1) is 0 Å². The fourth-order valence-corrected chi connectivity index (χ4v) is 2.12. The molecule has 1 heterocycles. The molecule has 3 rings (SSSR count). The molecule has 24 heavy (non-hydrogen) atoms. The first kappa shape index (κ1) is 15.6. The SMILES string of the molecule is C/C(=N\Nc1ccccc1)c1ccc(NC(=O)c2ccco2)cc1. The minimum atomic E-state index is -0.274. The summed E-state index contributed by atoms with van der Waals surface area (Å²) in [5.74, 6) is 0.00719. The number of hydrazone groups is 1. The molecule has 0 fully saturated rings. The van der Waals surface area contributed by atoms with Crippen LogP contribution < -0.4 is 10.7 Å². The maximum atomic E-state index is 11.9. The van der Waals surface area contributed by atoms with Crippen LogP contribution in [0.3, 0.4) is 0 Å². The van der Waals surface area contributed by atoms with Gasteiger partial charge in [0.1, 0.15) is 0 Å². The highest BCUT2D eigenvalue weighted by Crippen LogP contribution is 2.13. The Morgan fingerprint density at radius 1 is 0.917 bits per heavy atom. The van der Waals surface area contributed by atoms with Gasteiger partial charge in [-0.25, -0.2) is 0 Å². The van der Waals surface area contributed by atoms with Crippen molar-refractivity contribution in [3.05, 3.63) is 84.3 Å². The van der Waals surface area contributed by atoms with Crippen molar-refractivity contribution in [1.82, 2.24) is 0 Å². The quantitative estimate of drug-likeness (QED) is 0.542. The summed E-state index contributed by atoms with van der Waals surface area (Å²) in [6.07, 6.45) is 1.47. The Balaban J connectivity index is 1.64. The first-order chi connectivity index (χ1) is 11.7. The highest BCUT2D eigenvalue weighted by molar-refractivity contribution is 6.03. The minimum absolute atomic E-state index is 0.274. The average molecular weight is 319 g/mol. The molecule has 0 aliphatic heterocycles. The van der Waals surface area contributed by atoms with Crippen molar-refractivity contribution in [1.29, 1.82) is 0 Å². The van der Waals surface area contributed by atoms with Crippen LogP contribution in [0.25, 0.3) is 0 Å². The Labute approximate surface area is 140 Å². The summed E-state index contributed by atoms with van der Waals surface area (Å²) in [5, 5.41) is 7.14. The number of hydrogen-bond acceptors (Lipinski definition) is 4. The lowest BCUT2D eigenvalue weighted by Gasteiger charge is -2.06. The van der Waals surface area contributed by atoms with E-state index in [2.05, 4.69) is 15.8 Å². The lowest BCUT2D eigenvalue weighted by molar-refractivity contribution is 0.0996. The molecular weight excluding hydrogens is 302 g/mol. The molecular formula is C19H17N3O2. The second kappa shape index (κ2) is 7.28. The third-order valence-electron chi connectivity index (χ3n) is 3.43. The maximum Gasteiger partial charge on any atom is 0.291 e. The number of para-hydroxylation sites is 1. The fraction of sp³-hybridized carbons (Fsp3) is 0.0526. The van der Waals surface area contributed by atoms with Crippen molar-refractivity contribution in [2.24, 2.45) is 5.10 Å². The molecule has 0 spiro atoms. The summed E-state index contributed by atoms with van der Waals surface area (Å²) in [6, 6.07) is 20.5. The van der Waals surface area contributed by atoms with Crippen molar-refractivity contribution in [3.8, 4) is 0 Å². The standard InChI is InChI=1S/C19H17N3O2/c1-14(21-22-17-6-3-2-4-7-17)15-9-11-16(12-10-15)20-19(23)18-8-5-13-24-18/h2-13,22H,1H3,(H,20,23)/b21-14+. The molecule has 0 bridgehead atoms. The van der Waals surface area contributed by atoms with Gasteiger partial charge in [-0.2, -0.15) is 5.10 Å². The number of amides is 1. The predicted molar refractivity (Wildman–Crippen MR) is 95.4 cm³/mol. The van der Waals surface area contributed by atoms with Crippen molar-refractivity contribution >= 4 is 23.0 Å². The Kier molecular flexibility index (Phi) is 4.72. The van der Waals surface area contributed by atoms with Crippen molar-refractivity contribution < 1.29 is 9.21 Å². The zero-order valence-electron chi connectivity index (χ0n) is 13.2. The van der Waals surface area contributed by atoms with Gasteiger partial charge in [-0.15, -0.1) is 0 Å². The van der Waals surface area contributed by atoms with Crippen LogP contribution in [0.2, 0.25) is 0 Å². The number of carbonyl (C=O) groups excluding carboxylic acids is 1. The summed E-state index contributed by atoms with van der Waals surface area (Å²) in [7, 11) is 0. The molecule has 0 atom stereocenters. The summed E-state index contributed by atoms with van der Waals surface area (Å²) in [4.78, 5) is 11.9. The number of hydrogen-bond donors (Lipinski definition) is 2. The number of nitrogens with one attached hydrogen (secondary N) is 2. The number of nitrogens with zero attached hydrogens (tertiary/aromatic N) is 1. The molecule has 2 aromatic carbocycles. The molecule has 5 nitrogen and oxygen atoms in total. The second-order valence-corrected chi connectivity index (χ2v) is 5.18. The van der Waals surface area contributed by atoms with E-state index in [-0.39, 0.29) is 11.7 Å². The molecule has 120 valence electrons. The minimum Gasteiger partial charge on any atom is -0.459 e. The number of benzene rings is 2. The van der Waals surface area contributed by atoms with E-state index >= 15 is 0 Å². The van der Waals surface area contributed by atoms with E-state index in [0.29, 0.717) is 5.69 Å². The third-order valence-corrected chi connectivity index (χ3v) is 3.43. The number of rotatable bonds is 5. The Morgan fingerprint density at radius 2 is 1.67 bits per heavy atom. The molecule has 0 unspecified atom stereocenters. The molecule has 0 aliphatic carbocycles. The van der Waals surface area contributed by atoms with Crippen LogP contribution >= 0.6 is 0 Å². The molecule has 0 saturated heterocycles. The Bertz CT molecular complexity index is 823. The fourth-order valence-electron chi connectivity index (χ4n) is 2.12. The van der Waals surface area contributed by atoms with Gasteiger partial charge in [-0.05, 0) is 48.9 Å². The van der Waals surface area contributed by atoms with E-state index in [0.717, 1.165) is 17.0 Å². The summed E-state index contributed by atoms with van der Waals surface area (Å²) >= 11 is 0. The zero-order valence-corrected chi connectivity index (χ0v) is 13.2. The van der Waals surface area contributed by atoms with Crippen molar-refractivity contribution in [2.75, 3.05) is 10.7 Å². The van der Waals surface area contributed by atoms with Gasteiger partial charge >= 0.3 is 0 Å². The first-order valence-electron chi connectivity index (χ1n) is 7.53. The smallest absolute Gasteiger partial charge is 0.291 e. The van der Waals surface area contributed by atoms with E-state index in [4.69, 9.17) is 4.42 Å². The van der Waals surface area contributed by atoms with Gasteiger partial charge in [0.25, 0.3) is 5.91 Å². The monoisotopic (exact) mass is 319 g/mol. The van der Waals surface area contributed by atoms with Crippen LogP contribution in [-0.2, 0) is 0 Å². The molecule has 2 N–H and O–H groups in total. The van der Waals surface area contributed by atoms with E-state index in [9.17, 15) is 4.79 Å². The highest BCUT2D eigenvalue weighted by atomic mass is 16.3. The van der Waals surface area contributed by atoms with Gasteiger partial charge in [0.15, 0.2) is 5.76 Å². The van der Waals surface area contributed by atoms with E-state index < -0.39 is 0 Å². The van der Waals surface area contributed by atoms with Crippen LogP contribution in [0.15, 0.2) is 82.5 Å². The van der Waals surface area contributed by atoms with Crippen LogP contribution in [0.5, 0.6) is 0 Å². The van der Waals surface area contributed by atoms with Crippen LogP contribution in [-0.4, -0.2) is 11.6 Å². The number of anilines is 2. The zero-order chi connectivity index (χ0) is 16.8. The van der Waals surface area contributed by atoms with Gasteiger partial charge in [-0.3, -0.25) is 10.2 Å². The summed E-state index contributed by atoms with van der Waals surface area (Å²) in [5.41, 5.74) is 6.46. The van der Waals surface area contributed by atoms with E-state index in [1.54, 1.807) is 12.1 Å². The van der Waals surface area contributed by atoms with E-state index in [1.807, 2.05) is 61.5 Å². The lowest BCUT2D eigenvalue weighted by Crippen LogP contribution is -2.10. The largest absolute Gasteiger partial charge is 0.459 e. The topological polar surface area (TPSA) is 66.6 Å².